The lowest BCUT2D eigenvalue weighted by atomic mass is 10.0. The molecule has 0 radical (unpaired) electrons. The molecule has 1 aliphatic heterocycles. The van der Waals surface area contributed by atoms with Crippen molar-refractivity contribution in [2.24, 2.45) is 0 Å². The molecule has 1 aliphatic rings. The lowest BCUT2D eigenvalue weighted by molar-refractivity contribution is -0.265. The van der Waals surface area contributed by atoms with Gasteiger partial charge < -0.3 is 9.64 Å². The molecule has 1 unspecified atom stereocenters. The molecular weight excluding hydrogens is 271 g/mol. The predicted molar refractivity (Wildman–Crippen MR) is 66.9 cm³/mol. The standard InChI is InChI=1S/C14H16F3NO2/c1-13(2)12(19)18(8-10-6-4-3-5-7-10)9-11(20-13)14(15,16)17/h3-7,11H,8-9H2,1-2H3. The van der Waals surface area contributed by atoms with E-state index in [2.05, 4.69) is 0 Å². The van der Waals surface area contributed by atoms with Crippen LogP contribution in [0.4, 0.5) is 13.2 Å². The van der Waals surface area contributed by atoms with Gasteiger partial charge in [-0.1, -0.05) is 30.3 Å². The molecule has 20 heavy (non-hydrogen) atoms. The van der Waals surface area contributed by atoms with Crippen molar-refractivity contribution in [1.29, 1.82) is 0 Å². The van der Waals surface area contributed by atoms with Crippen molar-refractivity contribution < 1.29 is 22.7 Å². The number of carbonyl (C=O) groups is 1. The van der Waals surface area contributed by atoms with E-state index in [0.29, 0.717) is 0 Å². The lowest BCUT2D eigenvalue weighted by Gasteiger charge is -2.42. The number of rotatable bonds is 2. The summed E-state index contributed by atoms with van der Waals surface area (Å²) in [6.07, 6.45) is -6.42. The maximum Gasteiger partial charge on any atom is 0.416 e. The van der Waals surface area contributed by atoms with E-state index in [1.807, 2.05) is 6.07 Å². The molecule has 0 aromatic heterocycles. The molecule has 0 saturated carbocycles. The van der Waals surface area contributed by atoms with E-state index < -0.39 is 30.3 Å². The Bertz CT molecular complexity index is 485. The first kappa shape index (κ1) is 14.8. The lowest BCUT2D eigenvalue weighted by Crippen LogP contribution is -2.60. The molecule has 1 amide bonds. The third kappa shape index (κ3) is 3.12. The minimum atomic E-state index is -4.48. The summed E-state index contributed by atoms with van der Waals surface area (Å²) >= 11 is 0. The van der Waals surface area contributed by atoms with Crippen LogP contribution < -0.4 is 0 Å². The highest BCUT2D eigenvalue weighted by atomic mass is 19.4. The number of halogens is 3. The molecule has 1 aromatic carbocycles. The molecule has 1 aromatic rings. The van der Waals surface area contributed by atoms with Crippen LogP contribution in [0.5, 0.6) is 0 Å². The van der Waals surface area contributed by atoms with Gasteiger partial charge in [-0.2, -0.15) is 13.2 Å². The van der Waals surface area contributed by atoms with Crippen LogP contribution in [-0.2, 0) is 16.1 Å². The number of alkyl halides is 3. The highest BCUT2D eigenvalue weighted by Gasteiger charge is 2.51. The number of hydrogen-bond acceptors (Lipinski definition) is 2. The van der Waals surface area contributed by atoms with Crippen LogP contribution in [0.3, 0.4) is 0 Å². The van der Waals surface area contributed by atoms with E-state index in [9.17, 15) is 18.0 Å². The second-order valence-corrected chi connectivity index (χ2v) is 5.33. The molecule has 2 rings (SSSR count). The molecular formula is C14H16F3NO2. The maximum absolute atomic E-state index is 12.9. The Balaban J connectivity index is 2.20. The molecule has 1 heterocycles. The zero-order valence-corrected chi connectivity index (χ0v) is 11.3. The highest BCUT2D eigenvalue weighted by Crippen LogP contribution is 2.33. The zero-order chi connectivity index (χ0) is 15.0. The Morgan fingerprint density at radius 1 is 1.30 bits per heavy atom. The molecule has 0 spiro atoms. The molecule has 0 aliphatic carbocycles. The monoisotopic (exact) mass is 287 g/mol. The van der Waals surface area contributed by atoms with E-state index >= 15 is 0 Å². The number of nitrogens with zero attached hydrogens (tertiary/aromatic N) is 1. The smallest absolute Gasteiger partial charge is 0.351 e. The summed E-state index contributed by atoms with van der Waals surface area (Å²) in [5.74, 6) is -0.429. The Hall–Kier alpha value is -1.56. The fourth-order valence-corrected chi connectivity index (χ4v) is 2.22. The summed E-state index contributed by atoms with van der Waals surface area (Å²) in [6, 6.07) is 8.93. The SMILES string of the molecule is CC1(C)OC(C(F)(F)F)CN(Cc2ccccc2)C1=O. The number of hydrogen-bond donors (Lipinski definition) is 0. The summed E-state index contributed by atoms with van der Waals surface area (Å²) in [5.41, 5.74) is -0.674. The minimum Gasteiger partial charge on any atom is -0.351 e. The van der Waals surface area contributed by atoms with Gasteiger partial charge in [-0.3, -0.25) is 4.79 Å². The van der Waals surface area contributed by atoms with Crippen molar-refractivity contribution in [2.45, 2.75) is 38.3 Å². The fraction of sp³-hybridized carbons (Fsp3) is 0.500. The Kier molecular flexibility index (Phi) is 3.77. The summed E-state index contributed by atoms with van der Waals surface area (Å²) in [5, 5.41) is 0. The van der Waals surface area contributed by atoms with E-state index in [0.717, 1.165) is 5.56 Å². The van der Waals surface area contributed by atoms with Gasteiger partial charge in [-0.15, -0.1) is 0 Å². The van der Waals surface area contributed by atoms with Gasteiger partial charge in [0, 0.05) is 6.54 Å². The average molecular weight is 287 g/mol. The molecule has 0 N–H and O–H groups in total. The summed E-state index contributed by atoms with van der Waals surface area (Å²) in [4.78, 5) is 13.4. The van der Waals surface area contributed by atoms with Gasteiger partial charge in [0.25, 0.3) is 5.91 Å². The highest BCUT2D eigenvalue weighted by molar-refractivity contribution is 5.85. The molecule has 1 fully saturated rings. The van der Waals surface area contributed by atoms with Crippen molar-refractivity contribution in [1.82, 2.24) is 4.90 Å². The van der Waals surface area contributed by atoms with Crippen LogP contribution in [0, 0.1) is 0 Å². The van der Waals surface area contributed by atoms with Crippen molar-refractivity contribution >= 4 is 5.91 Å². The van der Waals surface area contributed by atoms with Crippen molar-refractivity contribution in [3.8, 4) is 0 Å². The number of morpholine rings is 1. The van der Waals surface area contributed by atoms with Crippen molar-refractivity contribution in [3.63, 3.8) is 0 Å². The molecule has 110 valence electrons. The first-order valence-corrected chi connectivity index (χ1v) is 6.28. The Labute approximate surface area is 115 Å². The van der Waals surface area contributed by atoms with E-state index in [1.165, 1.54) is 18.7 Å². The third-order valence-corrected chi connectivity index (χ3v) is 3.21. The van der Waals surface area contributed by atoms with Gasteiger partial charge >= 0.3 is 6.18 Å². The van der Waals surface area contributed by atoms with E-state index in [1.54, 1.807) is 24.3 Å². The van der Waals surface area contributed by atoms with Crippen molar-refractivity contribution in [2.75, 3.05) is 6.54 Å². The normalized spacial score (nSPS) is 22.9. The zero-order valence-electron chi connectivity index (χ0n) is 11.3. The van der Waals surface area contributed by atoms with E-state index in [-0.39, 0.29) is 6.54 Å². The average Bonchev–Trinajstić information content (AvgIpc) is 2.34. The van der Waals surface area contributed by atoms with Crippen LogP contribution in [0.15, 0.2) is 30.3 Å². The first-order chi connectivity index (χ1) is 9.20. The van der Waals surface area contributed by atoms with Crippen LogP contribution in [0.2, 0.25) is 0 Å². The molecule has 1 saturated heterocycles. The fourth-order valence-electron chi connectivity index (χ4n) is 2.22. The minimum absolute atomic E-state index is 0.152. The van der Waals surface area contributed by atoms with Gasteiger partial charge in [-0.05, 0) is 19.4 Å². The number of ether oxygens (including phenoxy) is 1. The topological polar surface area (TPSA) is 29.5 Å². The maximum atomic E-state index is 12.9. The quantitative estimate of drug-likeness (QED) is 0.837. The number of benzene rings is 1. The van der Waals surface area contributed by atoms with Gasteiger partial charge in [0.2, 0.25) is 0 Å². The summed E-state index contributed by atoms with van der Waals surface area (Å²) < 4.78 is 43.5. The van der Waals surface area contributed by atoms with Crippen molar-refractivity contribution in [3.05, 3.63) is 35.9 Å². The first-order valence-electron chi connectivity index (χ1n) is 6.28. The third-order valence-electron chi connectivity index (χ3n) is 3.21. The summed E-state index contributed by atoms with van der Waals surface area (Å²) in [6.45, 7) is 2.41. The molecule has 0 bridgehead atoms. The van der Waals surface area contributed by atoms with Crippen LogP contribution >= 0.6 is 0 Å². The van der Waals surface area contributed by atoms with Crippen LogP contribution in [-0.4, -0.2) is 35.2 Å². The number of carbonyl (C=O) groups excluding carboxylic acids is 1. The van der Waals surface area contributed by atoms with Gasteiger partial charge in [0.15, 0.2) is 6.10 Å². The predicted octanol–water partition coefficient (Wildman–Crippen LogP) is 2.75. The number of amides is 1. The Morgan fingerprint density at radius 3 is 2.45 bits per heavy atom. The molecule has 3 nitrogen and oxygen atoms in total. The van der Waals surface area contributed by atoms with Gasteiger partial charge in [-0.25, -0.2) is 0 Å². The Morgan fingerprint density at radius 2 is 1.90 bits per heavy atom. The second kappa shape index (κ2) is 5.09. The largest absolute Gasteiger partial charge is 0.416 e. The summed E-state index contributed by atoms with van der Waals surface area (Å²) in [7, 11) is 0. The molecule has 6 heteroatoms. The van der Waals surface area contributed by atoms with Gasteiger partial charge in [0.1, 0.15) is 5.60 Å². The molecule has 1 atom stereocenters. The van der Waals surface area contributed by atoms with Gasteiger partial charge in [0.05, 0.1) is 6.54 Å². The van der Waals surface area contributed by atoms with E-state index in [4.69, 9.17) is 4.74 Å². The van der Waals surface area contributed by atoms with Crippen LogP contribution in [0.25, 0.3) is 0 Å². The second-order valence-electron chi connectivity index (χ2n) is 5.33. The van der Waals surface area contributed by atoms with Crippen LogP contribution in [0.1, 0.15) is 19.4 Å².